The summed E-state index contributed by atoms with van der Waals surface area (Å²) >= 11 is 0. The van der Waals surface area contributed by atoms with Gasteiger partial charge in [-0.25, -0.2) is 0 Å². The predicted molar refractivity (Wildman–Crippen MR) is 57.3 cm³/mol. The lowest BCUT2D eigenvalue weighted by molar-refractivity contribution is 0.602. The van der Waals surface area contributed by atoms with Gasteiger partial charge in [-0.1, -0.05) is 6.92 Å². The van der Waals surface area contributed by atoms with E-state index in [0.29, 0.717) is 0 Å². The normalized spacial score (nSPS) is 25.3. The number of aromatic nitrogens is 2. The maximum absolute atomic E-state index is 4.36. The third-order valence-corrected chi connectivity index (χ3v) is 2.92. The fourth-order valence-corrected chi connectivity index (χ4v) is 2.07. The van der Waals surface area contributed by atoms with E-state index in [1.165, 1.54) is 12.0 Å². The lowest BCUT2D eigenvalue weighted by atomic mass is 10.2. The average Bonchev–Trinajstić information content (AvgIpc) is 2.77. The van der Waals surface area contributed by atoms with Gasteiger partial charge in [0.05, 0.1) is 6.20 Å². The van der Waals surface area contributed by atoms with E-state index in [-0.39, 0.29) is 0 Å². The molecule has 3 nitrogen and oxygen atoms in total. The summed E-state index contributed by atoms with van der Waals surface area (Å²) < 4.78 is 2.06. The molecule has 1 aliphatic rings. The van der Waals surface area contributed by atoms with E-state index in [1.54, 1.807) is 0 Å². The molecule has 2 unspecified atom stereocenters. The van der Waals surface area contributed by atoms with Gasteiger partial charge >= 0.3 is 0 Å². The van der Waals surface area contributed by atoms with Crippen molar-refractivity contribution in [2.24, 2.45) is 5.92 Å². The second kappa shape index (κ2) is 4.13. The van der Waals surface area contributed by atoms with Gasteiger partial charge in [-0.3, -0.25) is 4.68 Å². The van der Waals surface area contributed by atoms with E-state index in [0.717, 1.165) is 31.3 Å². The second-order valence-corrected chi connectivity index (χ2v) is 4.20. The van der Waals surface area contributed by atoms with Crippen molar-refractivity contribution in [3.05, 3.63) is 18.0 Å². The molecular weight excluding hydrogens is 174 g/mol. The SMILES string of the molecule is CCCn1cc(C2CC2CNC)cn1. The van der Waals surface area contributed by atoms with E-state index in [1.807, 2.05) is 13.2 Å². The summed E-state index contributed by atoms with van der Waals surface area (Å²) in [4.78, 5) is 0. The Labute approximate surface area is 85.5 Å². The fourth-order valence-electron chi connectivity index (χ4n) is 2.07. The van der Waals surface area contributed by atoms with Gasteiger partial charge in [0.25, 0.3) is 0 Å². The van der Waals surface area contributed by atoms with Gasteiger partial charge in [0, 0.05) is 12.7 Å². The molecule has 0 radical (unpaired) electrons. The zero-order chi connectivity index (χ0) is 9.97. The topological polar surface area (TPSA) is 29.9 Å². The van der Waals surface area contributed by atoms with Crippen LogP contribution in [0.15, 0.2) is 12.4 Å². The van der Waals surface area contributed by atoms with Crippen molar-refractivity contribution < 1.29 is 0 Å². The van der Waals surface area contributed by atoms with Crippen molar-refractivity contribution in [3.8, 4) is 0 Å². The number of aryl methyl sites for hydroxylation is 1. The minimum Gasteiger partial charge on any atom is -0.319 e. The van der Waals surface area contributed by atoms with Crippen LogP contribution in [0.3, 0.4) is 0 Å². The molecular formula is C11H19N3. The molecule has 1 N–H and O–H groups in total. The number of nitrogens with one attached hydrogen (secondary N) is 1. The van der Waals surface area contributed by atoms with Gasteiger partial charge in [-0.05, 0) is 43.8 Å². The van der Waals surface area contributed by atoms with Crippen LogP contribution in [0.2, 0.25) is 0 Å². The molecule has 0 amide bonds. The van der Waals surface area contributed by atoms with E-state index < -0.39 is 0 Å². The number of hydrogen-bond donors (Lipinski definition) is 1. The monoisotopic (exact) mass is 193 g/mol. The van der Waals surface area contributed by atoms with Crippen LogP contribution in [0.1, 0.15) is 31.2 Å². The highest BCUT2D eigenvalue weighted by Gasteiger charge is 2.38. The van der Waals surface area contributed by atoms with Gasteiger partial charge in [0.15, 0.2) is 0 Å². The van der Waals surface area contributed by atoms with Gasteiger partial charge in [-0.15, -0.1) is 0 Å². The van der Waals surface area contributed by atoms with Crippen molar-refractivity contribution in [1.82, 2.24) is 15.1 Å². The van der Waals surface area contributed by atoms with Crippen LogP contribution in [0.4, 0.5) is 0 Å². The standard InChI is InChI=1S/C11H19N3/c1-3-4-14-8-10(7-13-14)11-5-9(11)6-12-2/h7-9,11-12H,3-6H2,1-2H3. The first-order chi connectivity index (χ1) is 6.85. The highest BCUT2D eigenvalue weighted by atomic mass is 15.3. The lowest BCUT2D eigenvalue weighted by Gasteiger charge is -1.96. The molecule has 1 aromatic heterocycles. The summed E-state index contributed by atoms with van der Waals surface area (Å²) in [5, 5.41) is 7.59. The van der Waals surface area contributed by atoms with Crippen LogP contribution >= 0.6 is 0 Å². The smallest absolute Gasteiger partial charge is 0.0524 e. The maximum Gasteiger partial charge on any atom is 0.0524 e. The van der Waals surface area contributed by atoms with Gasteiger partial charge in [0.1, 0.15) is 0 Å². The molecule has 2 rings (SSSR count). The zero-order valence-corrected chi connectivity index (χ0v) is 9.03. The molecule has 1 fully saturated rings. The molecule has 1 heterocycles. The molecule has 2 atom stereocenters. The summed E-state index contributed by atoms with van der Waals surface area (Å²) in [6.07, 6.45) is 6.74. The molecule has 0 aliphatic heterocycles. The van der Waals surface area contributed by atoms with Crippen LogP contribution in [0.5, 0.6) is 0 Å². The predicted octanol–water partition coefficient (Wildman–Crippen LogP) is 1.62. The van der Waals surface area contributed by atoms with Gasteiger partial charge < -0.3 is 5.32 Å². The van der Waals surface area contributed by atoms with E-state index in [2.05, 4.69) is 28.2 Å². The van der Waals surface area contributed by atoms with Crippen LogP contribution in [-0.4, -0.2) is 23.4 Å². The minimum absolute atomic E-state index is 0.771. The number of hydrogen-bond acceptors (Lipinski definition) is 2. The second-order valence-electron chi connectivity index (χ2n) is 4.20. The molecule has 78 valence electrons. The molecule has 3 heteroatoms. The average molecular weight is 193 g/mol. The third-order valence-electron chi connectivity index (χ3n) is 2.92. The molecule has 0 saturated heterocycles. The molecule has 0 bridgehead atoms. The Morgan fingerprint density at radius 1 is 1.64 bits per heavy atom. The Morgan fingerprint density at radius 2 is 2.50 bits per heavy atom. The number of nitrogens with zero attached hydrogens (tertiary/aromatic N) is 2. The number of rotatable bonds is 5. The summed E-state index contributed by atoms with van der Waals surface area (Å²) in [6, 6.07) is 0. The van der Waals surface area contributed by atoms with Crippen LogP contribution in [0, 0.1) is 5.92 Å². The Bertz CT molecular complexity index is 292. The molecule has 1 saturated carbocycles. The summed E-state index contributed by atoms with van der Waals surface area (Å²) in [6.45, 7) is 4.37. The molecule has 14 heavy (non-hydrogen) atoms. The van der Waals surface area contributed by atoms with Crippen LogP contribution < -0.4 is 5.32 Å². The zero-order valence-electron chi connectivity index (χ0n) is 9.03. The Balaban J connectivity index is 1.91. The summed E-state index contributed by atoms with van der Waals surface area (Å²) in [5.41, 5.74) is 1.43. The quantitative estimate of drug-likeness (QED) is 0.770. The lowest BCUT2D eigenvalue weighted by Crippen LogP contribution is -2.10. The fraction of sp³-hybridized carbons (Fsp3) is 0.727. The maximum atomic E-state index is 4.36. The molecule has 1 aliphatic carbocycles. The minimum atomic E-state index is 0.771. The van der Waals surface area contributed by atoms with Crippen molar-refractivity contribution in [2.75, 3.05) is 13.6 Å². The molecule has 0 aromatic carbocycles. The van der Waals surface area contributed by atoms with Crippen molar-refractivity contribution in [3.63, 3.8) is 0 Å². The Kier molecular flexibility index (Phi) is 2.87. The highest BCUT2D eigenvalue weighted by molar-refractivity contribution is 5.20. The van der Waals surface area contributed by atoms with Gasteiger partial charge in [-0.2, -0.15) is 5.10 Å². The van der Waals surface area contributed by atoms with Gasteiger partial charge in [0.2, 0.25) is 0 Å². The van der Waals surface area contributed by atoms with Crippen molar-refractivity contribution >= 4 is 0 Å². The highest BCUT2D eigenvalue weighted by Crippen LogP contribution is 2.46. The first-order valence-electron chi connectivity index (χ1n) is 5.52. The van der Waals surface area contributed by atoms with E-state index >= 15 is 0 Å². The molecule has 1 aromatic rings. The van der Waals surface area contributed by atoms with E-state index in [9.17, 15) is 0 Å². The largest absolute Gasteiger partial charge is 0.319 e. The molecule has 0 spiro atoms. The van der Waals surface area contributed by atoms with Crippen molar-refractivity contribution in [1.29, 1.82) is 0 Å². The van der Waals surface area contributed by atoms with Crippen molar-refractivity contribution in [2.45, 2.75) is 32.2 Å². The van der Waals surface area contributed by atoms with E-state index in [4.69, 9.17) is 0 Å². The summed E-state index contributed by atoms with van der Waals surface area (Å²) in [7, 11) is 2.02. The Hall–Kier alpha value is -0.830. The third kappa shape index (κ3) is 1.98. The first kappa shape index (κ1) is 9.71. The first-order valence-corrected chi connectivity index (χ1v) is 5.52. The Morgan fingerprint density at radius 3 is 3.21 bits per heavy atom. The van der Waals surface area contributed by atoms with Crippen LogP contribution in [0.25, 0.3) is 0 Å². The van der Waals surface area contributed by atoms with Crippen LogP contribution in [-0.2, 0) is 6.54 Å². The summed E-state index contributed by atoms with van der Waals surface area (Å²) in [5.74, 6) is 1.62.